The third kappa shape index (κ3) is 4.34. The molecular weight excluding hydrogens is 440 g/mol. The number of hydrogen-bond donors (Lipinski definition) is 0. The molecule has 2 amide bonds. The molecular formula is C26H32N8O. The largest absolute Gasteiger partial charge is 0.353 e. The molecule has 0 spiro atoms. The lowest BCUT2D eigenvalue weighted by Crippen LogP contribution is -2.53. The number of carbonyl (C=O) groups excluding carboxylic acids is 1. The van der Waals surface area contributed by atoms with Crippen LogP contribution in [0.3, 0.4) is 0 Å². The fraction of sp³-hybridized carbons (Fsp3) is 0.385. The van der Waals surface area contributed by atoms with E-state index in [-0.39, 0.29) is 6.03 Å². The molecule has 0 aliphatic carbocycles. The molecule has 0 N–H and O–H groups in total. The second-order valence-electron chi connectivity index (χ2n) is 9.00. The van der Waals surface area contributed by atoms with Crippen molar-refractivity contribution in [2.24, 2.45) is 7.05 Å². The number of aromatic nitrogens is 5. The van der Waals surface area contributed by atoms with Gasteiger partial charge in [-0.15, -0.1) is 0 Å². The number of urea groups is 1. The number of pyridine rings is 2. The van der Waals surface area contributed by atoms with Crippen LogP contribution in [0.15, 0.2) is 49.2 Å². The maximum atomic E-state index is 12.7. The van der Waals surface area contributed by atoms with Crippen LogP contribution in [0.25, 0.3) is 27.8 Å². The van der Waals surface area contributed by atoms with Crippen LogP contribution in [0.1, 0.15) is 19.4 Å². The van der Waals surface area contributed by atoms with Crippen molar-refractivity contribution in [3.63, 3.8) is 0 Å². The molecule has 4 aromatic rings. The fourth-order valence-corrected chi connectivity index (χ4v) is 4.78. The summed E-state index contributed by atoms with van der Waals surface area (Å²) in [6, 6.07) is 6.53. The summed E-state index contributed by atoms with van der Waals surface area (Å²) in [7, 11) is 1.92. The van der Waals surface area contributed by atoms with E-state index in [2.05, 4.69) is 40.2 Å². The third-order valence-electron chi connectivity index (χ3n) is 6.80. The highest BCUT2D eigenvalue weighted by molar-refractivity contribution is 5.86. The van der Waals surface area contributed by atoms with Crippen LogP contribution in [0, 0.1) is 6.92 Å². The summed E-state index contributed by atoms with van der Waals surface area (Å²) in [6.07, 6.45) is 9.76. The maximum Gasteiger partial charge on any atom is 0.320 e. The van der Waals surface area contributed by atoms with Gasteiger partial charge in [-0.25, -0.2) is 14.3 Å². The molecule has 1 aliphatic rings. The molecule has 1 aliphatic heterocycles. The first-order valence-corrected chi connectivity index (χ1v) is 12.2. The maximum absolute atomic E-state index is 12.7. The predicted molar refractivity (Wildman–Crippen MR) is 137 cm³/mol. The van der Waals surface area contributed by atoms with Gasteiger partial charge in [0.25, 0.3) is 0 Å². The number of rotatable bonds is 5. The molecule has 1 fully saturated rings. The average molecular weight is 473 g/mol. The third-order valence-corrected chi connectivity index (χ3v) is 6.80. The SMILES string of the molecule is CCN(CC)C(=O)N1CCN(c2ccc(-c3cc(-c4cnn(C)c4)cn4ncc(C)c34)cn2)CC1. The van der Waals surface area contributed by atoms with E-state index in [0.29, 0.717) is 13.1 Å². The van der Waals surface area contributed by atoms with Gasteiger partial charge in [-0.3, -0.25) is 4.68 Å². The first-order chi connectivity index (χ1) is 17.0. The molecule has 0 unspecified atom stereocenters. The van der Waals surface area contributed by atoms with E-state index < -0.39 is 0 Å². The van der Waals surface area contributed by atoms with E-state index in [1.165, 1.54) is 0 Å². The first-order valence-electron chi connectivity index (χ1n) is 12.2. The number of amides is 2. The van der Waals surface area contributed by atoms with Crippen molar-refractivity contribution in [3.8, 4) is 22.3 Å². The Labute approximate surface area is 205 Å². The molecule has 9 nitrogen and oxygen atoms in total. The fourth-order valence-electron chi connectivity index (χ4n) is 4.78. The zero-order valence-electron chi connectivity index (χ0n) is 20.8. The summed E-state index contributed by atoms with van der Waals surface area (Å²) in [5, 5.41) is 8.88. The number of hydrogen-bond acceptors (Lipinski definition) is 5. The summed E-state index contributed by atoms with van der Waals surface area (Å²) in [5.41, 5.74) is 6.44. The Morgan fingerprint density at radius 3 is 2.34 bits per heavy atom. The molecule has 0 saturated carbocycles. The van der Waals surface area contributed by atoms with Crippen LogP contribution in [-0.2, 0) is 7.05 Å². The van der Waals surface area contributed by atoms with Gasteiger partial charge in [-0.1, -0.05) is 0 Å². The van der Waals surface area contributed by atoms with Gasteiger partial charge in [-0.05, 0) is 44.5 Å². The number of aryl methyl sites for hydroxylation is 2. The van der Waals surface area contributed by atoms with Crippen LogP contribution in [0.5, 0.6) is 0 Å². The lowest BCUT2D eigenvalue weighted by atomic mass is 10.0. The number of anilines is 1. The summed E-state index contributed by atoms with van der Waals surface area (Å²) >= 11 is 0. The van der Waals surface area contributed by atoms with Gasteiger partial charge in [0.2, 0.25) is 0 Å². The summed E-state index contributed by atoms with van der Waals surface area (Å²) < 4.78 is 3.74. The van der Waals surface area contributed by atoms with Crippen molar-refractivity contribution in [1.29, 1.82) is 0 Å². The van der Waals surface area contributed by atoms with Crippen molar-refractivity contribution in [1.82, 2.24) is 34.2 Å². The Kier molecular flexibility index (Phi) is 6.15. The van der Waals surface area contributed by atoms with Crippen LogP contribution in [0.2, 0.25) is 0 Å². The normalized spacial score (nSPS) is 14.1. The minimum Gasteiger partial charge on any atom is -0.353 e. The topological polar surface area (TPSA) is 74.8 Å². The summed E-state index contributed by atoms with van der Waals surface area (Å²) in [5.74, 6) is 0.938. The molecule has 5 rings (SSSR count). The van der Waals surface area contributed by atoms with Crippen LogP contribution < -0.4 is 4.90 Å². The Balaban J connectivity index is 1.38. The first kappa shape index (κ1) is 22.9. The standard InChI is InChI=1S/C26H32N8O/c1-5-31(6-2)26(35)33-11-9-32(10-12-33)24-8-7-20(15-27-24)23-13-21(22-16-28-30(4)17-22)18-34-25(23)19(3)14-29-34/h7-8,13-18H,5-6,9-12H2,1-4H3. The molecule has 0 aromatic carbocycles. The van der Waals surface area contributed by atoms with E-state index in [4.69, 9.17) is 4.98 Å². The van der Waals surface area contributed by atoms with E-state index in [9.17, 15) is 4.79 Å². The van der Waals surface area contributed by atoms with Crippen molar-refractivity contribution >= 4 is 17.4 Å². The second kappa shape index (κ2) is 9.40. The average Bonchev–Trinajstić information content (AvgIpc) is 3.50. The van der Waals surface area contributed by atoms with E-state index in [1.54, 1.807) is 4.68 Å². The van der Waals surface area contributed by atoms with Crippen LogP contribution in [0.4, 0.5) is 10.6 Å². The zero-order chi connectivity index (χ0) is 24.5. The molecule has 0 bridgehead atoms. The minimum absolute atomic E-state index is 0.131. The van der Waals surface area contributed by atoms with E-state index in [1.807, 2.05) is 66.2 Å². The van der Waals surface area contributed by atoms with E-state index >= 15 is 0 Å². The van der Waals surface area contributed by atoms with Crippen molar-refractivity contribution < 1.29 is 4.79 Å². The lowest BCUT2D eigenvalue weighted by Gasteiger charge is -2.37. The monoisotopic (exact) mass is 472 g/mol. The second-order valence-corrected chi connectivity index (χ2v) is 9.00. The highest BCUT2D eigenvalue weighted by atomic mass is 16.2. The van der Waals surface area contributed by atoms with Crippen molar-refractivity contribution in [2.75, 3.05) is 44.2 Å². The molecule has 0 atom stereocenters. The predicted octanol–water partition coefficient (Wildman–Crippen LogP) is 3.69. The molecule has 9 heteroatoms. The Bertz CT molecular complexity index is 1330. The molecule has 4 aromatic heterocycles. The molecule has 1 saturated heterocycles. The molecule has 5 heterocycles. The van der Waals surface area contributed by atoms with Gasteiger partial charge >= 0.3 is 6.03 Å². The minimum atomic E-state index is 0.131. The number of piperazine rings is 1. The quantitative estimate of drug-likeness (QED) is 0.443. The molecule has 182 valence electrons. The van der Waals surface area contributed by atoms with Gasteiger partial charge in [-0.2, -0.15) is 10.2 Å². The van der Waals surface area contributed by atoms with Crippen molar-refractivity contribution in [3.05, 3.63) is 54.7 Å². The Morgan fingerprint density at radius 1 is 0.943 bits per heavy atom. The van der Waals surface area contributed by atoms with Gasteiger partial charge < -0.3 is 14.7 Å². The number of nitrogens with zero attached hydrogens (tertiary/aromatic N) is 8. The van der Waals surface area contributed by atoms with E-state index in [0.717, 1.165) is 65.3 Å². The van der Waals surface area contributed by atoms with Gasteiger partial charge in [0, 0.05) is 87.2 Å². The molecule has 0 radical (unpaired) electrons. The van der Waals surface area contributed by atoms with Crippen molar-refractivity contribution in [2.45, 2.75) is 20.8 Å². The molecule has 35 heavy (non-hydrogen) atoms. The van der Waals surface area contributed by atoms with Crippen LogP contribution in [-0.4, -0.2) is 79.5 Å². The van der Waals surface area contributed by atoms with Gasteiger partial charge in [0.15, 0.2) is 0 Å². The lowest BCUT2D eigenvalue weighted by molar-refractivity contribution is 0.154. The highest BCUT2D eigenvalue weighted by Gasteiger charge is 2.24. The Hall–Kier alpha value is -3.88. The highest BCUT2D eigenvalue weighted by Crippen LogP contribution is 2.32. The van der Waals surface area contributed by atoms with Crippen LogP contribution >= 0.6 is 0 Å². The zero-order valence-corrected chi connectivity index (χ0v) is 20.8. The Morgan fingerprint density at radius 2 is 1.71 bits per heavy atom. The number of fused-ring (bicyclic) bond motifs is 1. The summed E-state index contributed by atoms with van der Waals surface area (Å²) in [4.78, 5) is 23.5. The van der Waals surface area contributed by atoms with Gasteiger partial charge in [0.05, 0.1) is 17.9 Å². The van der Waals surface area contributed by atoms with Gasteiger partial charge in [0.1, 0.15) is 5.82 Å². The summed E-state index contributed by atoms with van der Waals surface area (Å²) in [6.45, 7) is 10.6. The smallest absolute Gasteiger partial charge is 0.320 e. The number of carbonyl (C=O) groups is 1.